The smallest absolute Gasteiger partial charge is 0.217 e. The molecular formula is C16H21N3O2. The molecule has 1 heterocycles. The highest BCUT2D eigenvalue weighted by molar-refractivity contribution is 6.00. The first-order valence-corrected chi connectivity index (χ1v) is 7.01. The van der Waals surface area contributed by atoms with Crippen molar-refractivity contribution in [3.63, 3.8) is 0 Å². The Labute approximate surface area is 125 Å². The van der Waals surface area contributed by atoms with Crippen LogP contribution in [0.25, 0.3) is 0 Å². The topological polar surface area (TPSA) is 63.0 Å². The van der Waals surface area contributed by atoms with Crippen molar-refractivity contribution in [2.24, 2.45) is 9.98 Å². The average Bonchev–Trinajstić information content (AvgIpc) is 2.45. The molecule has 0 aromatic heterocycles. The van der Waals surface area contributed by atoms with E-state index in [1.807, 2.05) is 44.2 Å². The second-order valence-corrected chi connectivity index (χ2v) is 5.58. The first-order valence-electron chi connectivity index (χ1n) is 7.01. The fraction of sp³-hybridized carbons (Fsp3) is 0.438. The molecule has 0 bridgehead atoms. The van der Waals surface area contributed by atoms with Gasteiger partial charge in [-0.2, -0.15) is 0 Å². The van der Waals surface area contributed by atoms with Crippen molar-refractivity contribution in [2.75, 3.05) is 6.54 Å². The van der Waals surface area contributed by atoms with Gasteiger partial charge in [0, 0.05) is 13.1 Å². The molecule has 21 heavy (non-hydrogen) atoms. The molecule has 0 radical (unpaired) electrons. The van der Waals surface area contributed by atoms with E-state index in [1.54, 1.807) is 6.21 Å². The van der Waals surface area contributed by atoms with E-state index in [-0.39, 0.29) is 12.0 Å². The first kappa shape index (κ1) is 15.4. The average molecular weight is 287 g/mol. The predicted octanol–water partition coefficient (Wildman–Crippen LogP) is 1.97. The van der Waals surface area contributed by atoms with Crippen molar-refractivity contribution in [1.82, 2.24) is 5.32 Å². The highest BCUT2D eigenvalue weighted by Crippen LogP contribution is 2.12. The standard InChI is InChI=1S/C16H21N3O2/c1-12(20)19-16(2,3)15-17-9-14(10-18-15)21-11-13-7-5-4-6-8-13/h4-9,14H,10-11H2,1-3H3,(H,19,20). The van der Waals surface area contributed by atoms with Crippen LogP contribution in [0.4, 0.5) is 0 Å². The molecule has 1 atom stereocenters. The first-order chi connectivity index (χ1) is 9.97. The van der Waals surface area contributed by atoms with Crippen LogP contribution in [0.2, 0.25) is 0 Å². The molecule has 0 aliphatic carbocycles. The van der Waals surface area contributed by atoms with E-state index in [0.717, 1.165) is 5.56 Å². The van der Waals surface area contributed by atoms with Gasteiger partial charge in [-0.1, -0.05) is 30.3 Å². The molecule has 1 aliphatic heterocycles. The van der Waals surface area contributed by atoms with E-state index in [9.17, 15) is 4.79 Å². The van der Waals surface area contributed by atoms with Gasteiger partial charge in [0.25, 0.3) is 0 Å². The van der Waals surface area contributed by atoms with Crippen LogP contribution in [0.1, 0.15) is 26.3 Å². The summed E-state index contributed by atoms with van der Waals surface area (Å²) in [5.41, 5.74) is 0.562. The van der Waals surface area contributed by atoms with Crippen LogP contribution in [0, 0.1) is 0 Å². The van der Waals surface area contributed by atoms with Gasteiger partial charge in [-0.25, -0.2) is 4.99 Å². The summed E-state index contributed by atoms with van der Waals surface area (Å²) >= 11 is 0. The quantitative estimate of drug-likeness (QED) is 0.900. The summed E-state index contributed by atoms with van der Waals surface area (Å²) in [7, 11) is 0. The zero-order valence-corrected chi connectivity index (χ0v) is 12.7. The van der Waals surface area contributed by atoms with E-state index in [4.69, 9.17) is 4.74 Å². The maximum Gasteiger partial charge on any atom is 0.217 e. The van der Waals surface area contributed by atoms with Crippen molar-refractivity contribution in [3.8, 4) is 0 Å². The van der Waals surface area contributed by atoms with E-state index in [2.05, 4.69) is 15.3 Å². The van der Waals surface area contributed by atoms with E-state index < -0.39 is 5.54 Å². The second kappa shape index (κ2) is 6.63. The molecule has 1 aromatic rings. The molecule has 112 valence electrons. The Bertz CT molecular complexity index is 550. The van der Waals surface area contributed by atoms with Gasteiger partial charge >= 0.3 is 0 Å². The van der Waals surface area contributed by atoms with Crippen molar-refractivity contribution in [3.05, 3.63) is 35.9 Å². The Morgan fingerprint density at radius 3 is 2.67 bits per heavy atom. The predicted molar refractivity (Wildman–Crippen MR) is 83.7 cm³/mol. The molecule has 0 spiro atoms. The molecule has 1 unspecified atom stereocenters. The molecule has 5 nitrogen and oxygen atoms in total. The van der Waals surface area contributed by atoms with Gasteiger partial charge in [0.1, 0.15) is 11.9 Å². The van der Waals surface area contributed by atoms with Crippen LogP contribution in [-0.2, 0) is 16.1 Å². The number of carbonyl (C=O) groups is 1. The molecule has 0 saturated carbocycles. The van der Waals surface area contributed by atoms with Gasteiger partial charge in [-0.05, 0) is 19.4 Å². The van der Waals surface area contributed by atoms with Crippen LogP contribution >= 0.6 is 0 Å². The third kappa shape index (κ3) is 4.49. The number of ether oxygens (including phenoxy) is 1. The third-order valence-electron chi connectivity index (χ3n) is 3.14. The second-order valence-electron chi connectivity index (χ2n) is 5.58. The fourth-order valence-corrected chi connectivity index (χ4v) is 2.15. The van der Waals surface area contributed by atoms with Gasteiger partial charge in [0.2, 0.25) is 5.91 Å². The molecule has 1 aromatic carbocycles. The van der Waals surface area contributed by atoms with Crippen LogP contribution in [0.3, 0.4) is 0 Å². The van der Waals surface area contributed by atoms with Gasteiger partial charge in [-0.15, -0.1) is 0 Å². The molecule has 1 N–H and O–H groups in total. The summed E-state index contributed by atoms with van der Waals surface area (Å²) < 4.78 is 5.77. The number of benzene rings is 1. The van der Waals surface area contributed by atoms with Crippen LogP contribution in [0.15, 0.2) is 40.3 Å². The third-order valence-corrected chi connectivity index (χ3v) is 3.14. The zero-order chi connectivity index (χ0) is 15.3. The minimum absolute atomic E-state index is 0.0969. The summed E-state index contributed by atoms with van der Waals surface area (Å²) in [5.74, 6) is 0.526. The van der Waals surface area contributed by atoms with Crippen LogP contribution < -0.4 is 5.32 Å². The molecule has 0 fully saturated rings. The van der Waals surface area contributed by atoms with Gasteiger partial charge in [-0.3, -0.25) is 9.79 Å². The lowest BCUT2D eigenvalue weighted by Gasteiger charge is -2.27. The number of amides is 1. The number of carbonyl (C=O) groups excluding carboxylic acids is 1. The lowest BCUT2D eigenvalue weighted by molar-refractivity contribution is -0.119. The molecule has 5 heteroatoms. The Morgan fingerprint density at radius 1 is 1.38 bits per heavy atom. The number of nitrogens with zero attached hydrogens (tertiary/aromatic N) is 2. The number of amidine groups is 1. The van der Waals surface area contributed by atoms with Crippen LogP contribution in [0.5, 0.6) is 0 Å². The monoisotopic (exact) mass is 287 g/mol. The number of rotatable bonds is 5. The van der Waals surface area contributed by atoms with Crippen molar-refractivity contribution in [1.29, 1.82) is 0 Å². The summed E-state index contributed by atoms with van der Waals surface area (Å²) in [4.78, 5) is 19.9. The lowest BCUT2D eigenvalue weighted by Crippen LogP contribution is -2.49. The Balaban J connectivity index is 1.88. The Kier molecular flexibility index (Phi) is 4.85. The molecular weight excluding hydrogens is 266 g/mol. The summed E-state index contributed by atoms with van der Waals surface area (Å²) in [6.07, 6.45) is 1.64. The molecule has 2 rings (SSSR count). The summed E-state index contributed by atoms with van der Waals surface area (Å²) in [5, 5.41) is 2.84. The van der Waals surface area contributed by atoms with E-state index >= 15 is 0 Å². The van der Waals surface area contributed by atoms with E-state index in [1.165, 1.54) is 6.92 Å². The highest BCUT2D eigenvalue weighted by Gasteiger charge is 2.27. The zero-order valence-electron chi connectivity index (χ0n) is 12.7. The summed E-state index contributed by atoms with van der Waals surface area (Å²) in [6, 6.07) is 10.00. The number of hydrogen-bond acceptors (Lipinski definition) is 4. The van der Waals surface area contributed by atoms with Gasteiger partial charge in [0.05, 0.1) is 18.7 Å². The van der Waals surface area contributed by atoms with Crippen LogP contribution in [-0.4, -0.2) is 36.1 Å². The minimum Gasteiger partial charge on any atom is -0.366 e. The van der Waals surface area contributed by atoms with Crippen molar-refractivity contribution >= 4 is 18.0 Å². The Hall–Kier alpha value is -2.01. The van der Waals surface area contributed by atoms with Gasteiger partial charge < -0.3 is 10.1 Å². The number of hydrogen-bond donors (Lipinski definition) is 1. The largest absolute Gasteiger partial charge is 0.366 e. The molecule has 0 saturated heterocycles. The molecule has 1 aliphatic rings. The SMILES string of the molecule is CC(=O)NC(C)(C)C1=NCC(OCc2ccccc2)C=N1. The molecule has 1 amide bonds. The highest BCUT2D eigenvalue weighted by atomic mass is 16.5. The maximum atomic E-state index is 11.2. The van der Waals surface area contributed by atoms with E-state index in [0.29, 0.717) is 19.0 Å². The normalized spacial score (nSPS) is 18.2. The van der Waals surface area contributed by atoms with Crippen molar-refractivity contribution in [2.45, 2.75) is 39.0 Å². The fourth-order valence-electron chi connectivity index (χ4n) is 2.15. The van der Waals surface area contributed by atoms with Gasteiger partial charge in [0.15, 0.2) is 0 Å². The lowest BCUT2D eigenvalue weighted by atomic mass is 10.0. The maximum absolute atomic E-state index is 11.2. The minimum atomic E-state index is -0.563. The number of nitrogens with one attached hydrogen (secondary N) is 1. The Morgan fingerprint density at radius 2 is 2.10 bits per heavy atom. The van der Waals surface area contributed by atoms with Crippen molar-refractivity contribution < 1.29 is 9.53 Å². The summed E-state index contributed by atoms with van der Waals surface area (Å²) in [6.45, 7) is 6.32. The number of aliphatic imine (C=N–C) groups is 2.